The van der Waals surface area contributed by atoms with E-state index >= 15 is 0 Å². The van der Waals surface area contributed by atoms with Gasteiger partial charge < -0.3 is 10.1 Å². The molecule has 0 unspecified atom stereocenters. The molecule has 3 rings (SSSR count). The molecule has 0 aliphatic heterocycles. The van der Waals surface area contributed by atoms with E-state index in [0.29, 0.717) is 11.4 Å². The van der Waals surface area contributed by atoms with Gasteiger partial charge in [0, 0.05) is 16.2 Å². The highest BCUT2D eigenvalue weighted by atomic mass is 79.9. The maximum absolute atomic E-state index is 12.5. The van der Waals surface area contributed by atoms with Crippen molar-refractivity contribution in [2.24, 2.45) is 0 Å². The first kappa shape index (κ1) is 21.6. The number of hydrogen-bond donors (Lipinski definition) is 2. The van der Waals surface area contributed by atoms with Gasteiger partial charge in [0.05, 0.1) is 4.90 Å². The molecule has 0 spiro atoms. The number of hydrogen-bond acceptors (Lipinski definition) is 4. The van der Waals surface area contributed by atoms with Crippen LogP contribution in [0.15, 0.2) is 57.9 Å². The molecular weight excluding hydrogens is 456 g/mol. The Hall–Kier alpha value is -2.06. The standard InChI is InChI=1S/C21H25BrN2O4S/c1-15(21(25)23-17-5-3-2-4-6-17)28-19-11-13-20(14-12-19)29(26,27)24-18-9-7-16(22)8-10-18/h7-15,17,24H,2-6H2,1H3,(H,23,25)/t15-/m1/s1. The zero-order valence-electron chi connectivity index (χ0n) is 16.2. The van der Waals surface area contributed by atoms with Crippen LogP contribution in [0.1, 0.15) is 39.0 Å². The molecule has 2 aromatic carbocycles. The van der Waals surface area contributed by atoms with Crippen molar-refractivity contribution in [1.29, 1.82) is 0 Å². The number of anilines is 1. The zero-order valence-corrected chi connectivity index (χ0v) is 18.6. The highest BCUT2D eigenvalue weighted by Crippen LogP contribution is 2.22. The summed E-state index contributed by atoms with van der Waals surface area (Å²) in [5.74, 6) is 0.296. The Labute approximate surface area is 180 Å². The minimum Gasteiger partial charge on any atom is -0.481 e. The molecule has 156 valence electrons. The summed E-state index contributed by atoms with van der Waals surface area (Å²) >= 11 is 3.32. The lowest BCUT2D eigenvalue weighted by Crippen LogP contribution is -2.43. The third kappa shape index (κ3) is 6.21. The molecule has 1 aliphatic rings. The number of carbonyl (C=O) groups excluding carboxylic acids is 1. The van der Waals surface area contributed by atoms with E-state index in [-0.39, 0.29) is 16.8 Å². The molecular formula is C21H25BrN2O4S. The summed E-state index contributed by atoms with van der Waals surface area (Å²) in [4.78, 5) is 12.4. The van der Waals surface area contributed by atoms with Crippen LogP contribution in [-0.2, 0) is 14.8 Å². The first-order chi connectivity index (χ1) is 13.8. The molecule has 2 N–H and O–H groups in total. The quantitative estimate of drug-likeness (QED) is 0.612. The first-order valence-corrected chi connectivity index (χ1v) is 12.0. The van der Waals surface area contributed by atoms with E-state index in [9.17, 15) is 13.2 Å². The number of halogens is 1. The summed E-state index contributed by atoms with van der Waals surface area (Å²) in [6.07, 6.45) is 4.88. The van der Waals surface area contributed by atoms with Crippen molar-refractivity contribution < 1.29 is 17.9 Å². The van der Waals surface area contributed by atoms with Gasteiger partial charge in [0.25, 0.3) is 15.9 Å². The molecule has 0 bridgehead atoms. The van der Waals surface area contributed by atoms with Crippen LogP contribution in [0.3, 0.4) is 0 Å². The Kier molecular flexibility index (Phi) is 7.18. The summed E-state index contributed by atoms with van der Waals surface area (Å²) < 4.78 is 34.1. The summed E-state index contributed by atoms with van der Waals surface area (Å²) in [5, 5.41) is 3.03. The highest BCUT2D eigenvalue weighted by Gasteiger charge is 2.21. The average Bonchev–Trinajstić information content (AvgIpc) is 2.71. The Balaban J connectivity index is 1.58. The topological polar surface area (TPSA) is 84.5 Å². The van der Waals surface area contributed by atoms with Gasteiger partial charge in [-0.1, -0.05) is 35.2 Å². The number of carbonyl (C=O) groups is 1. The molecule has 8 heteroatoms. The van der Waals surface area contributed by atoms with Crippen LogP contribution in [0.25, 0.3) is 0 Å². The molecule has 2 aromatic rings. The van der Waals surface area contributed by atoms with Crippen LogP contribution in [0.4, 0.5) is 5.69 Å². The second kappa shape index (κ2) is 9.63. The summed E-state index contributed by atoms with van der Waals surface area (Å²) in [6, 6.07) is 13.1. The van der Waals surface area contributed by atoms with Crippen molar-refractivity contribution >= 4 is 37.5 Å². The van der Waals surface area contributed by atoms with Crippen LogP contribution < -0.4 is 14.8 Å². The lowest BCUT2D eigenvalue weighted by Gasteiger charge is -2.24. The van der Waals surface area contributed by atoms with E-state index in [4.69, 9.17) is 4.74 Å². The largest absolute Gasteiger partial charge is 0.481 e. The lowest BCUT2D eigenvalue weighted by molar-refractivity contribution is -0.128. The normalized spacial score (nSPS) is 16.1. The number of benzene rings is 2. The maximum atomic E-state index is 12.5. The monoisotopic (exact) mass is 480 g/mol. The molecule has 6 nitrogen and oxygen atoms in total. The minimum absolute atomic E-state index is 0.118. The predicted octanol–water partition coefficient (Wildman–Crippen LogP) is 4.47. The maximum Gasteiger partial charge on any atom is 0.261 e. The molecule has 0 radical (unpaired) electrons. The fourth-order valence-corrected chi connectivity index (χ4v) is 4.58. The molecule has 1 aliphatic carbocycles. The van der Waals surface area contributed by atoms with Gasteiger partial charge in [0.2, 0.25) is 0 Å². The Morgan fingerprint density at radius 1 is 1.03 bits per heavy atom. The van der Waals surface area contributed by atoms with Gasteiger partial charge in [0.15, 0.2) is 6.10 Å². The van der Waals surface area contributed by atoms with Crippen molar-refractivity contribution in [3.8, 4) is 5.75 Å². The minimum atomic E-state index is -3.71. The van der Waals surface area contributed by atoms with Crippen molar-refractivity contribution in [3.05, 3.63) is 53.0 Å². The van der Waals surface area contributed by atoms with Crippen molar-refractivity contribution in [2.45, 2.75) is 56.1 Å². The number of rotatable bonds is 7. The number of sulfonamides is 1. The summed E-state index contributed by atoms with van der Waals surface area (Å²) in [7, 11) is -3.71. The van der Waals surface area contributed by atoms with Gasteiger partial charge in [-0.05, 0) is 68.3 Å². The Morgan fingerprint density at radius 3 is 2.28 bits per heavy atom. The van der Waals surface area contributed by atoms with Crippen molar-refractivity contribution in [1.82, 2.24) is 5.32 Å². The number of nitrogens with one attached hydrogen (secondary N) is 2. The predicted molar refractivity (Wildman–Crippen MR) is 116 cm³/mol. The number of ether oxygens (including phenoxy) is 1. The molecule has 29 heavy (non-hydrogen) atoms. The van der Waals surface area contributed by atoms with Gasteiger partial charge in [-0.2, -0.15) is 0 Å². The van der Waals surface area contributed by atoms with E-state index in [1.807, 2.05) is 0 Å². The van der Waals surface area contributed by atoms with Gasteiger partial charge in [-0.3, -0.25) is 9.52 Å². The molecule has 1 fully saturated rings. The zero-order chi connectivity index (χ0) is 20.9. The Bertz CT molecular complexity index is 924. The van der Waals surface area contributed by atoms with Gasteiger partial charge >= 0.3 is 0 Å². The van der Waals surface area contributed by atoms with Crippen LogP contribution in [0.2, 0.25) is 0 Å². The van der Waals surface area contributed by atoms with Crippen molar-refractivity contribution in [2.75, 3.05) is 4.72 Å². The molecule has 1 atom stereocenters. The summed E-state index contributed by atoms with van der Waals surface area (Å²) in [6.45, 7) is 1.69. The fourth-order valence-electron chi connectivity index (χ4n) is 3.25. The molecule has 1 amide bonds. The second-order valence-electron chi connectivity index (χ2n) is 7.19. The summed E-state index contributed by atoms with van der Waals surface area (Å²) in [5.41, 5.74) is 0.474. The molecule has 0 heterocycles. The highest BCUT2D eigenvalue weighted by molar-refractivity contribution is 9.10. The van der Waals surface area contributed by atoms with Gasteiger partial charge in [-0.15, -0.1) is 0 Å². The average molecular weight is 481 g/mol. The third-order valence-electron chi connectivity index (χ3n) is 4.86. The van der Waals surface area contributed by atoms with E-state index < -0.39 is 16.1 Å². The first-order valence-electron chi connectivity index (χ1n) is 9.69. The van der Waals surface area contributed by atoms with Crippen LogP contribution in [0, 0.1) is 0 Å². The van der Waals surface area contributed by atoms with Gasteiger partial charge in [0.1, 0.15) is 5.75 Å². The second-order valence-corrected chi connectivity index (χ2v) is 9.79. The van der Waals surface area contributed by atoms with Crippen LogP contribution in [-0.4, -0.2) is 26.5 Å². The third-order valence-corrected chi connectivity index (χ3v) is 6.79. The van der Waals surface area contributed by atoms with Crippen LogP contribution in [0.5, 0.6) is 5.75 Å². The SMILES string of the molecule is C[C@@H](Oc1ccc(S(=O)(=O)Nc2ccc(Br)cc2)cc1)C(=O)NC1CCCCC1. The lowest BCUT2D eigenvalue weighted by atomic mass is 9.95. The van der Waals surface area contributed by atoms with E-state index in [1.54, 1.807) is 43.3 Å². The van der Waals surface area contributed by atoms with Crippen LogP contribution >= 0.6 is 15.9 Å². The number of amides is 1. The molecule has 0 aromatic heterocycles. The van der Waals surface area contributed by atoms with Gasteiger partial charge in [-0.25, -0.2) is 8.42 Å². The fraction of sp³-hybridized carbons (Fsp3) is 0.381. The molecule has 1 saturated carbocycles. The smallest absolute Gasteiger partial charge is 0.261 e. The van der Waals surface area contributed by atoms with E-state index in [0.717, 1.165) is 30.2 Å². The molecule has 0 saturated heterocycles. The Morgan fingerprint density at radius 2 is 1.66 bits per heavy atom. The van der Waals surface area contributed by atoms with Crippen molar-refractivity contribution in [3.63, 3.8) is 0 Å². The van der Waals surface area contributed by atoms with E-state index in [2.05, 4.69) is 26.0 Å². The van der Waals surface area contributed by atoms with E-state index in [1.165, 1.54) is 18.6 Å².